The molecule has 30 heavy (non-hydrogen) atoms. The van der Waals surface area contributed by atoms with Crippen molar-refractivity contribution in [3.8, 4) is 0 Å². The van der Waals surface area contributed by atoms with Gasteiger partial charge in [-0.25, -0.2) is 4.98 Å². The molecule has 152 valence electrons. The zero-order chi connectivity index (χ0) is 21.3. The van der Waals surface area contributed by atoms with E-state index in [1.165, 1.54) is 17.6 Å². The Balaban J connectivity index is 1.58. The fourth-order valence-electron chi connectivity index (χ4n) is 3.28. The minimum Gasteiger partial charge on any atom is -0.366 e. The lowest BCUT2D eigenvalue weighted by Crippen LogP contribution is -2.26. The highest BCUT2D eigenvalue weighted by Gasteiger charge is 2.23. The van der Waals surface area contributed by atoms with Gasteiger partial charge in [-0.05, 0) is 23.8 Å². The number of nitrogens with two attached hydrogens (primary N) is 1. The molecule has 2 amide bonds. The third-order valence-corrected chi connectivity index (χ3v) is 5.80. The van der Waals surface area contributed by atoms with E-state index in [4.69, 9.17) is 11.1 Å². The van der Waals surface area contributed by atoms with E-state index in [9.17, 15) is 9.59 Å². The summed E-state index contributed by atoms with van der Waals surface area (Å²) in [6, 6.07) is 8.67. The molecule has 0 bridgehead atoms. The number of carbonyl (C=O) groups is 2. The number of aryl methyl sites for hydroxylation is 1. The summed E-state index contributed by atoms with van der Waals surface area (Å²) in [6.07, 6.45) is 3.52. The molecule has 3 aromatic heterocycles. The molecule has 0 aliphatic carbocycles. The van der Waals surface area contributed by atoms with E-state index in [0.717, 1.165) is 21.0 Å². The van der Waals surface area contributed by atoms with Crippen LogP contribution in [0.5, 0.6) is 0 Å². The Hall–Kier alpha value is -3.79. The van der Waals surface area contributed by atoms with Crippen LogP contribution in [0, 0.1) is 5.41 Å². The van der Waals surface area contributed by atoms with E-state index in [-0.39, 0.29) is 12.5 Å². The van der Waals surface area contributed by atoms with Gasteiger partial charge in [-0.15, -0.1) is 11.3 Å². The first-order valence-corrected chi connectivity index (χ1v) is 9.93. The Morgan fingerprint density at radius 3 is 2.90 bits per heavy atom. The number of fused-ring (bicyclic) bond motifs is 1. The molecular weight excluding hydrogens is 402 g/mol. The first-order valence-electron chi connectivity index (χ1n) is 9.12. The highest BCUT2D eigenvalue weighted by atomic mass is 32.1. The summed E-state index contributed by atoms with van der Waals surface area (Å²) in [5.74, 6) is -0.840. The number of nitrogens with one attached hydrogen (secondary N) is 3. The topological polar surface area (TPSA) is 143 Å². The van der Waals surface area contributed by atoms with Gasteiger partial charge in [0.15, 0.2) is 5.65 Å². The number of carbonyl (C=O) groups excluding carboxylic acids is 2. The van der Waals surface area contributed by atoms with E-state index >= 15 is 0 Å². The molecule has 0 aliphatic heterocycles. The van der Waals surface area contributed by atoms with Crippen molar-refractivity contribution in [2.24, 2.45) is 12.8 Å². The lowest BCUT2D eigenvalue weighted by atomic mass is 10.1. The van der Waals surface area contributed by atoms with Crippen LogP contribution < -0.4 is 11.1 Å². The number of rotatable bonds is 7. The average Bonchev–Trinajstić information content (AvgIpc) is 3.44. The smallest absolute Gasteiger partial charge is 0.268 e. The SMILES string of the molecule is Cn1c(C(=O)NCc2cccc(C(N)=O)c2)c(C=N)c2sc(Cc3cc[nH]n3)nc21. The summed E-state index contributed by atoms with van der Waals surface area (Å²) < 4.78 is 2.49. The predicted octanol–water partition coefficient (Wildman–Crippen LogP) is 1.98. The molecule has 4 rings (SSSR count). The van der Waals surface area contributed by atoms with Gasteiger partial charge in [-0.2, -0.15) is 5.10 Å². The van der Waals surface area contributed by atoms with Gasteiger partial charge >= 0.3 is 0 Å². The predicted molar refractivity (Wildman–Crippen MR) is 114 cm³/mol. The molecule has 4 aromatic rings. The fraction of sp³-hybridized carbons (Fsp3) is 0.150. The van der Waals surface area contributed by atoms with Gasteiger partial charge in [0.05, 0.1) is 10.4 Å². The maximum Gasteiger partial charge on any atom is 0.268 e. The van der Waals surface area contributed by atoms with Crippen LogP contribution >= 0.6 is 11.3 Å². The van der Waals surface area contributed by atoms with E-state index in [1.54, 1.807) is 42.1 Å². The minimum absolute atomic E-state index is 0.230. The number of amides is 2. The number of benzene rings is 1. The Labute approximate surface area is 175 Å². The Morgan fingerprint density at radius 2 is 2.20 bits per heavy atom. The molecule has 1 aromatic carbocycles. The molecule has 9 nitrogen and oxygen atoms in total. The summed E-state index contributed by atoms with van der Waals surface area (Å²) in [5.41, 5.74) is 8.88. The summed E-state index contributed by atoms with van der Waals surface area (Å²) in [7, 11) is 1.76. The Kier molecular flexibility index (Phi) is 5.15. The van der Waals surface area contributed by atoms with Gasteiger partial charge in [0.1, 0.15) is 10.7 Å². The number of hydrogen-bond acceptors (Lipinski definition) is 6. The molecule has 0 radical (unpaired) electrons. The molecule has 0 fully saturated rings. The largest absolute Gasteiger partial charge is 0.366 e. The van der Waals surface area contributed by atoms with Crippen LogP contribution in [0.4, 0.5) is 0 Å². The molecule has 3 heterocycles. The van der Waals surface area contributed by atoms with Crippen molar-refractivity contribution >= 4 is 39.7 Å². The molecule has 0 aliphatic rings. The lowest BCUT2D eigenvalue weighted by Gasteiger charge is -2.08. The van der Waals surface area contributed by atoms with Crippen LogP contribution in [0.25, 0.3) is 10.3 Å². The highest BCUT2D eigenvalue weighted by molar-refractivity contribution is 7.19. The molecule has 0 saturated heterocycles. The Bertz CT molecular complexity index is 1250. The zero-order valence-corrected chi connectivity index (χ0v) is 16.9. The van der Waals surface area contributed by atoms with E-state index in [0.29, 0.717) is 28.9 Å². The molecule has 5 N–H and O–H groups in total. The standard InChI is InChI=1S/C20H19N7O2S/c1-27-16(20(29)23-10-11-3-2-4-12(7-11)18(22)28)14(9-21)17-19(27)25-15(30-17)8-13-5-6-24-26-13/h2-7,9,21H,8,10H2,1H3,(H2,22,28)(H,23,29)(H,24,26). The molecule has 0 spiro atoms. The van der Waals surface area contributed by atoms with Crippen molar-refractivity contribution in [2.45, 2.75) is 13.0 Å². The first kappa shape index (κ1) is 19.5. The second kappa shape index (κ2) is 7.91. The van der Waals surface area contributed by atoms with Crippen LogP contribution in [0.2, 0.25) is 0 Å². The molecule has 0 unspecified atom stereocenters. The minimum atomic E-state index is -0.520. The highest BCUT2D eigenvalue weighted by Crippen LogP contribution is 2.30. The summed E-state index contributed by atoms with van der Waals surface area (Å²) in [6.45, 7) is 0.230. The lowest BCUT2D eigenvalue weighted by molar-refractivity contribution is 0.0942. The van der Waals surface area contributed by atoms with E-state index in [1.807, 2.05) is 6.07 Å². The average molecular weight is 421 g/mol. The van der Waals surface area contributed by atoms with Gasteiger partial charge in [0.25, 0.3) is 5.91 Å². The number of aromatic amines is 1. The van der Waals surface area contributed by atoms with Crippen LogP contribution in [0.1, 0.15) is 42.7 Å². The van der Waals surface area contributed by atoms with Gasteiger partial charge in [0.2, 0.25) is 5.91 Å². The van der Waals surface area contributed by atoms with Crippen molar-refractivity contribution in [3.05, 3.63) is 69.6 Å². The van der Waals surface area contributed by atoms with Crippen LogP contribution in [0.15, 0.2) is 36.5 Å². The van der Waals surface area contributed by atoms with E-state index < -0.39 is 5.91 Å². The Morgan fingerprint density at radius 1 is 1.37 bits per heavy atom. The number of aromatic nitrogens is 4. The summed E-state index contributed by atoms with van der Waals surface area (Å²) >= 11 is 1.45. The normalized spacial score (nSPS) is 11.0. The second-order valence-corrected chi connectivity index (χ2v) is 7.80. The van der Waals surface area contributed by atoms with Crippen LogP contribution in [0.3, 0.4) is 0 Å². The van der Waals surface area contributed by atoms with Gasteiger partial charge in [0, 0.05) is 43.6 Å². The molecular formula is C20H19N7O2S. The monoisotopic (exact) mass is 421 g/mol. The number of hydrogen-bond donors (Lipinski definition) is 4. The molecule has 10 heteroatoms. The van der Waals surface area contributed by atoms with Crippen LogP contribution in [-0.4, -0.2) is 37.8 Å². The maximum atomic E-state index is 12.9. The van der Waals surface area contributed by atoms with Gasteiger partial charge < -0.3 is 21.0 Å². The number of primary amides is 1. The van der Waals surface area contributed by atoms with Gasteiger partial charge in [-0.1, -0.05) is 12.1 Å². The summed E-state index contributed by atoms with van der Waals surface area (Å²) in [4.78, 5) is 28.9. The third kappa shape index (κ3) is 3.60. The number of thiazole rings is 1. The fourth-order valence-corrected chi connectivity index (χ4v) is 4.41. The van der Waals surface area contributed by atoms with Crippen LogP contribution in [-0.2, 0) is 20.0 Å². The van der Waals surface area contributed by atoms with Crippen molar-refractivity contribution in [2.75, 3.05) is 0 Å². The number of nitrogens with zero attached hydrogens (tertiary/aromatic N) is 3. The van der Waals surface area contributed by atoms with Gasteiger partial charge in [-0.3, -0.25) is 14.7 Å². The van der Waals surface area contributed by atoms with E-state index in [2.05, 4.69) is 20.5 Å². The summed E-state index contributed by atoms with van der Waals surface area (Å²) in [5, 5.41) is 18.5. The van der Waals surface area contributed by atoms with Crippen molar-refractivity contribution < 1.29 is 9.59 Å². The maximum absolute atomic E-state index is 12.9. The number of H-pyrrole nitrogens is 1. The first-order chi connectivity index (χ1) is 14.5. The van der Waals surface area contributed by atoms with Crippen molar-refractivity contribution in [3.63, 3.8) is 0 Å². The zero-order valence-electron chi connectivity index (χ0n) is 16.1. The van der Waals surface area contributed by atoms with Crippen molar-refractivity contribution in [1.29, 1.82) is 5.41 Å². The third-order valence-electron chi connectivity index (χ3n) is 4.72. The van der Waals surface area contributed by atoms with Crippen molar-refractivity contribution in [1.82, 2.24) is 25.1 Å². The molecule has 0 atom stereocenters. The quantitative estimate of drug-likeness (QED) is 0.338. The molecule has 0 saturated carbocycles. The second-order valence-electron chi connectivity index (χ2n) is 6.72.